The molecule has 0 saturated heterocycles. The van der Waals surface area contributed by atoms with E-state index in [1.807, 2.05) is 26.8 Å². The summed E-state index contributed by atoms with van der Waals surface area (Å²) < 4.78 is 0. The zero-order valence-corrected chi connectivity index (χ0v) is 14.7. The molecule has 1 aliphatic carbocycles. The number of H-pyrrole nitrogens is 1. The molecule has 2 aromatic rings. The summed E-state index contributed by atoms with van der Waals surface area (Å²) in [6.07, 6.45) is 2.29. The Balaban J connectivity index is 1.66. The molecule has 1 aromatic carbocycles. The lowest BCUT2D eigenvalue weighted by Crippen LogP contribution is -2.42. The Morgan fingerprint density at radius 2 is 1.96 bits per heavy atom. The van der Waals surface area contributed by atoms with E-state index in [2.05, 4.69) is 25.8 Å². The molecule has 3 N–H and O–H groups in total. The van der Waals surface area contributed by atoms with Gasteiger partial charge < -0.3 is 10.6 Å². The SMILES string of the molecule is CC(C)[C@@H](C)NC(=O)C(=O)Nc1cccc(-c2n[nH]c(C3CC3)n2)c1. The maximum absolute atomic E-state index is 12.1. The van der Waals surface area contributed by atoms with Gasteiger partial charge in [0, 0.05) is 23.2 Å². The average Bonchev–Trinajstić information content (AvgIpc) is 3.31. The molecule has 3 rings (SSSR count). The van der Waals surface area contributed by atoms with Crippen molar-refractivity contribution in [3.05, 3.63) is 30.1 Å². The molecule has 1 heterocycles. The number of carbonyl (C=O) groups is 2. The van der Waals surface area contributed by atoms with Crippen molar-refractivity contribution in [1.29, 1.82) is 0 Å². The number of nitrogens with zero attached hydrogens (tertiary/aromatic N) is 2. The minimum atomic E-state index is -0.682. The molecule has 7 nitrogen and oxygen atoms in total. The minimum absolute atomic E-state index is 0.0707. The number of amides is 2. The molecule has 0 spiro atoms. The van der Waals surface area contributed by atoms with Crippen LogP contribution in [0, 0.1) is 5.92 Å². The van der Waals surface area contributed by atoms with E-state index in [1.54, 1.807) is 18.2 Å². The van der Waals surface area contributed by atoms with Crippen LogP contribution in [0.2, 0.25) is 0 Å². The zero-order valence-electron chi connectivity index (χ0n) is 14.7. The largest absolute Gasteiger partial charge is 0.345 e. The van der Waals surface area contributed by atoms with Crippen LogP contribution >= 0.6 is 0 Å². The molecule has 1 atom stereocenters. The van der Waals surface area contributed by atoms with Gasteiger partial charge in [0.15, 0.2) is 5.82 Å². The number of aromatic amines is 1. The predicted octanol–water partition coefficient (Wildman–Crippen LogP) is 2.45. The molecule has 132 valence electrons. The van der Waals surface area contributed by atoms with Gasteiger partial charge in [-0.05, 0) is 37.8 Å². The summed E-state index contributed by atoms with van der Waals surface area (Å²) in [6.45, 7) is 5.84. The van der Waals surface area contributed by atoms with Crippen LogP contribution in [0.5, 0.6) is 0 Å². The van der Waals surface area contributed by atoms with Crippen molar-refractivity contribution < 1.29 is 9.59 Å². The molecule has 2 amide bonds. The first-order valence-corrected chi connectivity index (χ1v) is 8.58. The molecule has 0 bridgehead atoms. The lowest BCUT2D eigenvalue weighted by atomic mass is 10.1. The Labute approximate surface area is 146 Å². The number of anilines is 1. The molecule has 1 fully saturated rings. The fourth-order valence-corrected chi connectivity index (χ4v) is 2.31. The van der Waals surface area contributed by atoms with E-state index in [1.165, 1.54) is 0 Å². The van der Waals surface area contributed by atoms with Crippen molar-refractivity contribution in [1.82, 2.24) is 20.5 Å². The van der Waals surface area contributed by atoms with Crippen LogP contribution in [0.3, 0.4) is 0 Å². The van der Waals surface area contributed by atoms with Crippen LogP contribution in [-0.2, 0) is 9.59 Å². The smallest absolute Gasteiger partial charge is 0.313 e. The highest BCUT2D eigenvalue weighted by atomic mass is 16.2. The lowest BCUT2D eigenvalue weighted by Gasteiger charge is -2.17. The number of hydrogen-bond acceptors (Lipinski definition) is 4. The lowest BCUT2D eigenvalue weighted by molar-refractivity contribution is -0.136. The van der Waals surface area contributed by atoms with Crippen LogP contribution in [0.1, 0.15) is 45.4 Å². The van der Waals surface area contributed by atoms with Crippen LogP contribution in [0.15, 0.2) is 24.3 Å². The molecular weight excluding hydrogens is 318 g/mol. The molecular formula is C18H23N5O2. The van der Waals surface area contributed by atoms with E-state index in [4.69, 9.17) is 0 Å². The van der Waals surface area contributed by atoms with Gasteiger partial charge in [-0.2, -0.15) is 5.10 Å². The van der Waals surface area contributed by atoms with E-state index in [0.717, 1.165) is 24.2 Å². The van der Waals surface area contributed by atoms with Crippen molar-refractivity contribution in [3.63, 3.8) is 0 Å². The summed E-state index contributed by atoms with van der Waals surface area (Å²) in [6, 6.07) is 7.09. The Bertz CT molecular complexity index is 779. The van der Waals surface area contributed by atoms with E-state index >= 15 is 0 Å². The fraction of sp³-hybridized carbons (Fsp3) is 0.444. The highest BCUT2D eigenvalue weighted by Crippen LogP contribution is 2.38. The van der Waals surface area contributed by atoms with Gasteiger partial charge >= 0.3 is 11.8 Å². The highest BCUT2D eigenvalue weighted by molar-refractivity contribution is 6.39. The fourth-order valence-electron chi connectivity index (χ4n) is 2.31. The average molecular weight is 341 g/mol. The van der Waals surface area contributed by atoms with Crippen LogP contribution in [0.4, 0.5) is 5.69 Å². The second kappa shape index (κ2) is 7.04. The van der Waals surface area contributed by atoms with Gasteiger partial charge in [0.25, 0.3) is 0 Å². The Morgan fingerprint density at radius 1 is 1.20 bits per heavy atom. The first-order chi connectivity index (χ1) is 11.9. The van der Waals surface area contributed by atoms with Gasteiger partial charge in [-0.25, -0.2) is 4.98 Å². The molecule has 1 aliphatic rings. The molecule has 7 heteroatoms. The number of benzene rings is 1. The summed E-state index contributed by atoms with van der Waals surface area (Å²) in [7, 11) is 0. The van der Waals surface area contributed by atoms with E-state index in [9.17, 15) is 9.59 Å². The van der Waals surface area contributed by atoms with Crippen molar-refractivity contribution in [3.8, 4) is 11.4 Å². The third-order valence-electron chi connectivity index (χ3n) is 4.41. The third-order valence-corrected chi connectivity index (χ3v) is 4.41. The third kappa shape index (κ3) is 4.23. The Kier molecular flexibility index (Phi) is 4.83. The number of rotatable bonds is 5. The molecule has 25 heavy (non-hydrogen) atoms. The standard InChI is InChI=1S/C18H23N5O2/c1-10(2)11(3)19-17(24)18(25)20-14-6-4-5-13(9-14)16-21-15(22-23-16)12-7-8-12/h4-6,9-12H,7-8H2,1-3H3,(H,19,24)(H,20,25)(H,21,22,23)/t11-/m1/s1. The molecule has 0 radical (unpaired) electrons. The molecule has 0 unspecified atom stereocenters. The Morgan fingerprint density at radius 3 is 2.64 bits per heavy atom. The van der Waals surface area contributed by atoms with Gasteiger partial charge in [-0.1, -0.05) is 26.0 Å². The maximum Gasteiger partial charge on any atom is 0.313 e. The van der Waals surface area contributed by atoms with Gasteiger partial charge in [-0.3, -0.25) is 14.7 Å². The highest BCUT2D eigenvalue weighted by Gasteiger charge is 2.27. The van der Waals surface area contributed by atoms with Gasteiger partial charge in [-0.15, -0.1) is 0 Å². The van der Waals surface area contributed by atoms with Crippen LogP contribution < -0.4 is 10.6 Å². The van der Waals surface area contributed by atoms with Gasteiger partial charge in [0.05, 0.1) is 0 Å². The maximum atomic E-state index is 12.1. The quantitative estimate of drug-likeness (QED) is 0.727. The molecule has 0 aliphatic heterocycles. The molecule has 1 aromatic heterocycles. The number of carbonyl (C=O) groups excluding carboxylic acids is 2. The van der Waals surface area contributed by atoms with E-state index in [-0.39, 0.29) is 12.0 Å². The summed E-state index contributed by atoms with van der Waals surface area (Å²) >= 11 is 0. The molecule has 1 saturated carbocycles. The normalized spacial score (nSPS) is 15.0. The minimum Gasteiger partial charge on any atom is -0.345 e. The number of nitrogens with one attached hydrogen (secondary N) is 3. The topological polar surface area (TPSA) is 99.8 Å². The van der Waals surface area contributed by atoms with Gasteiger partial charge in [0.2, 0.25) is 0 Å². The van der Waals surface area contributed by atoms with Crippen LogP contribution in [0.25, 0.3) is 11.4 Å². The summed E-state index contributed by atoms with van der Waals surface area (Å²) in [5.74, 6) is 0.934. The Hall–Kier alpha value is -2.70. The van der Waals surface area contributed by atoms with Crippen molar-refractivity contribution in [2.75, 3.05) is 5.32 Å². The predicted molar refractivity (Wildman–Crippen MR) is 94.9 cm³/mol. The van der Waals surface area contributed by atoms with Crippen molar-refractivity contribution >= 4 is 17.5 Å². The van der Waals surface area contributed by atoms with Gasteiger partial charge in [0.1, 0.15) is 5.82 Å². The van der Waals surface area contributed by atoms with Crippen molar-refractivity contribution in [2.45, 2.75) is 45.6 Å². The monoisotopic (exact) mass is 341 g/mol. The summed E-state index contributed by atoms with van der Waals surface area (Å²) in [5, 5.41) is 12.5. The summed E-state index contributed by atoms with van der Waals surface area (Å²) in [4.78, 5) is 28.5. The zero-order chi connectivity index (χ0) is 18.0. The van der Waals surface area contributed by atoms with Crippen molar-refractivity contribution in [2.24, 2.45) is 5.92 Å². The first kappa shape index (κ1) is 17.1. The number of aromatic nitrogens is 3. The number of hydrogen-bond donors (Lipinski definition) is 3. The second-order valence-electron chi connectivity index (χ2n) is 6.86. The van der Waals surface area contributed by atoms with E-state index in [0.29, 0.717) is 17.4 Å². The summed E-state index contributed by atoms with van der Waals surface area (Å²) in [5.41, 5.74) is 1.32. The van der Waals surface area contributed by atoms with E-state index < -0.39 is 11.8 Å². The second-order valence-corrected chi connectivity index (χ2v) is 6.86. The first-order valence-electron chi connectivity index (χ1n) is 8.58. The van der Waals surface area contributed by atoms with Crippen LogP contribution in [-0.4, -0.2) is 33.0 Å².